The van der Waals surface area contributed by atoms with Gasteiger partial charge in [0.25, 0.3) is 0 Å². The van der Waals surface area contributed by atoms with E-state index in [2.05, 4.69) is 10.3 Å². The van der Waals surface area contributed by atoms with Crippen molar-refractivity contribution in [2.24, 2.45) is 4.99 Å². The summed E-state index contributed by atoms with van der Waals surface area (Å²) in [5.41, 5.74) is 4.26. The van der Waals surface area contributed by atoms with Crippen LogP contribution in [0, 0.1) is 0 Å². The maximum Gasteiger partial charge on any atom is 0.246 e. The normalized spacial score (nSPS) is 16.2. The van der Waals surface area contributed by atoms with Crippen LogP contribution in [0.25, 0.3) is 0 Å². The second-order valence-electron chi connectivity index (χ2n) is 6.20. The molecule has 4 rings (SSSR count). The van der Waals surface area contributed by atoms with E-state index in [1.165, 1.54) is 23.3 Å². The van der Waals surface area contributed by atoms with Crippen LogP contribution in [-0.2, 0) is 17.6 Å². The second-order valence-corrected chi connectivity index (χ2v) is 7.30. The fraction of sp³-hybridized carbons (Fsp3) is 0.368. The summed E-state index contributed by atoms with van der Waals surface area (Å²) in [4.78, 5) is 18.1. The first-order valence-electron chi connectivity index (χ1n) is 8.43. The maximum absolute atomic E-state index is 12.1. The van der Waals surface area contributed by atoms with Crippen molar-refractivity contribution in [3.05, 3.63) is 39.8 Å². The van der Waals surface area contributed by atoms with Crippen LogP contribution < -0.4 is 14.8 Å². The highest BCUT2D eigenvalue weighted by Gasteiger charge is 2.28. The molecule has 2 heterocycles. The van der Waals surface area contributed by atoms with Crippen LogP contribution in [0.2, 0.25) is 0 Å². The summed E-state index contributed by atoms with van der Waals surface area (Å²) >= 11 is 1.70. The van der Waals surface area contributed by atoms with E-state index >= 15 is 0 Å². The quantitative estimate of drug-likeness (QED) is 0.916. The molecule has 2 aliphatic rings. The van der Waals surface area contributed by atoms with Crippen LogP contribution in [-0.4, -0.2) is 32.4 Å². The average Bonchev–Trinajstić information content (AvgIpc) is 2.90. The number of nitrogens with one attached hydrogen (secondary N) is 1. The lowest BCUT2D eigenvalue weighted by Gasteiger charge is -2.15. The van der Waals surface area contributed by atoms with Crippen LogP contribution in [0.3, 0.4) is 0 Å². The number of ether oxygens (including phenoxy) is 2. The predicted octanol–water partition coefficient (Wildman–Crippen LogP) is 3.43. The number of thiophene rings is 1. The Bertz CT molecular complexity index is 870. The van der Waals surface area contributed by atoms with E-state index in [9.17, 15) is 4.79 Å². The number of rotatable bonds is 3. The summed E-state index contributed by atoms with van der Waals surface area (Å²) in [6, 6.07) is 5.80. The van der Waals surface area contributed by atoms with Gasteiger partial charge in [0.05, 0.1) is 19.9 Å². The van der Waals surface area contributed by atoms with Gasteiger partial charge in [-0.2, -0.15) is 0 Å². The highest BCUT2D eigenvalue weighted by Crippen LogP contribution is 2.41. The summed E-state index contributed by atoms with van der Waals surface area (Å²) in [5.74, 6) is 1.29. The Kier molecular flexibility index (Phi) is 4.21. The standard InChI is InChI=1S/C19H20N2O3S/c1-23-13-8-7-11(9-14(13)24-2)18-17-12-5-3-4-6-15(12)25-19(17)21-16(22)10-20-18/h7-9H,3-6,10H2,1-2H3,(H,21,22). The Balaban J connectivity index is 1.88. The minimum Gasteiger partial charge on any atom is -0.493 e. The number of aryl methyl sites for hydroxylation is 1. The van der Waals surface area contributed by atoms with E-state index in [-0.39, 0.29) is 12.5 Å². The van der Waals surface area contributed by atoms with Gasteiger partial charge in [-0.25, -0.2) is 0 Å². The lowest BCUT2D eigenvalue weighted by atomic mass is 9.91. The molecule has 25 heavy (non-hydrogen) atoms. The highest BCUT2D eigenvalue weighted by molar-refractivity contribution is 7.17. The summed E-state index contributed by atoms with van der Waals surface area (Å²) < 4.78 is 10.8. The van der Waals surface area contributed by atoms with E-state index in [4.69, 9.17) is 9.47 Å². The molecule has 0 atom stereocenters. The van der Waals surface area contributed by atoms with E-state index < -0.39 is 0 Å². The maximum atomic E-state index is 12.1. The summed E-state index contributed by atoms with van der Waals surface area (Å²) in [6.07, 6.45) is 4.53. The Hall–Kier alpha value is -2.34. The third kappa shape index (κ3) is 2.80. The first-order chi connectivity index (χ1) is 12.2. The molecule has 1 aromatic carbocycles. The molecule has 1 amide bonds. The molecule has 0 saturated carbocycles. The van der Waals surface area contributed by atoms with Crippen molar-refractivity contribution in [1.29, 1.82) is 0 Å². The number of fused-ring (bicyclic) bond motifs is 3. The molecule has 0 unspecified atom stereocenters. The smallest absolute Gasteiger partial charge is 0.246 e. The zero-order valence-corrected chi connectivity index (χ0v) is 15.2. The van der Waals surface area contributed by atoms with Crippen molar-refractivity contribution < 1.29 is 14.3 Å². The molecule has 1 N–H and O–H groups in total. The molecular formula is C19H20N2O3S. The molecule has 130 valence electrons. The first kappa shape index (κ1) is 16.1. The molecule has 2 aromatic rings. The van der Waals surface area contributed by atoms with Gasteiger partial charge in [0.15, 0.2) is 11.5 Å². The molecular weight excluding hydrogens is 336 g/mol. The second kappa shape index (κ2) is 6.52. The van der Waals surface area contributed by atoms with Gasteiger partial charge in [-0.15, -0.1) is 11.3 Å². The molecule has 0 saturated heterocycles. The number of nitrogens with zero attached hydrogens (tertiary/aromatic N) is 1. The third-order valence-corrected chi connectivity index (χ3v) is 5.91. The fourth-order valence-electron chi connectivity index (χ4n) is 3.52. The SMILES string of the molecule is COc1ccc(C2=NCC(=O)Nc3sc4c(c32)CCCC4)cc1OC. The molecule has 1 aliphatic heterocycles. The lowest BCUT2D eigenvalue weighted by molar-refractivity contribution is -0.114. The van der Waals surface area contributed by atoms with Gasteiger partial charge in [0, 0.05) is 16.0 Å². The van der Waals surface area contributed by atoms with Crippen LogP contribution in [0.1, 0.15) is 34.4 Å². The number of carbonyl (C=O) groups is 1. The average molecular weight is 356 g/mol. The predicted molar refractivity (Wildman–Crippen MR) is 99.6 cm³/mol. The van der Waals surface area contributed by atoms with E-state index in [1.54, 1.807) is 25.6 Å². The fourth-order valence-corrected chi connectivity index (χ4v) is 4.83. The molecule has 0 bridgehead atoms. The van der Waals surface area contributed by atoms with Crippen molar-refractivity contribution in [3.8, 4) is 11.5 Å². The number of carbonyl (C=O) groups excluding carboxylic acids is 1. The minimum atomic E-state index is -0.0599. The molecule has 0 fully saturated rings. The summed E-state index contributed by atoms with van der Waals surface area (Å²) in [7, 11) is 3.25. The number of hydrogen-bond donors (Lipinski definition) is 1. The van der Waals surface area contributed by atoms with Gasteiger partial charge in [-0.05, 0) is 49.4 Å². The molecule has 1 aromatic heterocycles. The monoisotopic (exact) mass is 356 g/mol. The van der Waals surface area contributed by atoms with Crippen molar-refractivity contribution in [2.75, 3.05) is 26.1 Å². The van der Waals surface area contributed by atoms with Crippen molar-refractivity contribution >= 4 is 28.0 Å². The number of methoxy groups -OCH3 is 2. The molecule has 5 nitrogen and oxygen atoms in total. The largest absolute Gasteiger partial charge is 0.493 e. The van der Waals surface area contributed by atoms with Crippen LogP contribution in [0.15, 0.2) is 23.2 Å². The summed E-state index contributed by atoms with van der Waals surface area (Å²) in [6.45, 7) is 0.139. The molecule has 6 heteroatoms. The Labute approximate surface area is 150 Å². The number of anilines is 1. The number of benzene rings is 1. The van der Waals surface area contributed by atoms with Crippen molar-refractivity contribution in [1.82, 2.24) is 0 Å². The van der Waals surface area contributed by atoms with Gasteiger partial charge >= 0.3 is 0 Å². The van der Waals surface area contributed by atoms with E-state index in [0.717, 1.165) is 34.7 Å². The molecule has 1 aliphatic carbocycles. The number of aliphatic imine (C=N–C) groups is 1. The van der Waals surface area contributed by atoms with Gasteiger partial charge < -0.3 is 14.8 Å². The van der Waals surface area contributed by atoms with Gasteiger partial charge in [-0.1, -0.05) is 0 Å². The Morgan fingerprint density at radius 2 is 1.92 bits per heavy atom. The highest BCUT2D eigenvalue weighted by atomic mass is 32.1. The van der Waals surface area contributed by atoms with Crippen LogP contribution in [0.4, 0.5) is 5.00 Å². The zero-order valence-electron chi connectivity index (χ0n) is 14.3. The van der Waals surface area contributed by atoms with Gasteiger partial charge in [0.1, 0.15) is 11.5 Å². The van der Waals surface area contributed by atoms with Crippen molar-refractivity contribution in [3.63, 3.8) is 0 Å². The van der Waals surface area contributed by atoms with Crippen molar-refractivity contribution in [2.45, 2.75) is 25.7 Å². The van der Waals surface area contributed by atoms with E-state index in [0.29, 0.717) is 11.5 Å². The number of amides is 1. The Morgan fingerprint density at radius 3 is 2.72 bits per heavy atom. The lowest BCUT2D eigenvalue weighted by Crippen LogP contribution is -2.12. The van der Waals surface area contributed by atoms with Crippen LogP contribution in [0.5, 0.6) is 11.5 Å². The van der Waals surface area contributed by atoms with Crippen LogP contribution >= 0.6 is 11.3 Å². The Morgan fingerprint density at radius 1 is 1.12 bits per heavy atom. The van der Waals surface area contributed by atoms with Gasteiger partial charge in [-0.3, -0.25) is 9.79 Å². The third-order valence-electron chi connectivity index (χ3n) is 4.70. The van der Waals surface area contributed by atoms with E-state index in [1.807, 2.05) is 18.2 Å². The number of hydrogen-bond acceptors (Lipinski definition) is 5. The molecule has 0 spiro atoms. The molecule has 0 radical (unpaired) electrons. The summed E-state index contributed by atoms with van der Waals surface area (Å²) in [5, 5.41) is 3.97. The van der Waals surface area contributed by atoms with Gasteiger partial charge in [0.2, 0.25) is 5.91 Å². The zero-order chi connectivity index (χ0) is 17.4. The minimum absolute atomic E-state index is 0.0599. The topological polar surface area (TPSA) is 59.9 Å². The first-order valence-corrected chi connectivity index (χ1v) is 9.24.